The lowest BCUT2D eigenvalue weighted by molar-refractivity contribution is -0.470. The van der Waals surface area contributed by atoms with Crippen LogP contribution in [-0.2, 0) is 0 Å². The highest BCUT2D eigenvalue weighted by Crippen LogP contribution is 2.48. The van der Waals surface area contributed by atoms with Crippen LogP contribution in [0.4, 0.5) is 0 Å². The van der Waals surface area contributed by atoms with Crippen molar-refractivity contribution in [2.45, 2.75) is 38.1 Å². The van der Waals surface area contributed by atoms with Crippen molar-refractivity contribution in [2.75, 3.05) is 0 Å². The van der Waals surface area contributed by atoms with Crippen LogP contribution in [0.2, 0.25) is 0 Å². The first kappa shape index (κ1) is 12.2. The molecule has 1 N–H and O–H groups in total. The molecule has 0 saturated heterocycles. The molecule has 1 aliphatic heterocycles. The van der Waals surface area contributed by atoms with Crippen LogP contribution in [0.15, 0.2) is 35.5 Å². The fraction of sp³-hybridized carbons (Fsp3) is 0.467. The highest BCUT2D eigenvalue weighted by Gasteiger charge is 2.52. The third kappa shape index (κ3) is 1.91. The normalized spacial score (nSPS) is 25.8. The molecule has 19 heavy (non-hydrogen) atoms. The number of hydrogen-bond acceptors (Lipinski definition) is 3. The molecule has 1 aliphatic carbocycles. The molecule has 4 heteroatoms. The molecular formula is C15H18N2O2. The maximum atomic E-state index is 12.5. The lowest BCUT2D eigenvalue weighted by Gasteiger charge is -2.20. The molecule has 1 aromatic rings. The quantitative estimate of drug-likeness (QED) is 0.291. The standard InChI is InChI=1S/C15H18N2O2/c18-16-11-13-10-15(8-4-5-9-15)14(17(13)19)12-6-2-1-3-7-12/h1-3,6-7,11,13,18H,4-5,8-10H2/t13-/m1/s1. The number of hydroxylamine groups is 1. The molecule has 1 fully saturated rings. The molecule has 1 aromatic carbocycles. The van der Waals surface area contributed by atoms with Gasteiger partial charge in [-0.25, -0.2) is 0 Å². The third-order valence-electron chi connectivity index (χ3n) is 4.47. The van der Waals surface area contributed by atoms with Crippen molar-refractivity contribution in [1.82, 2.24) is 0 Å². The molecule has 0 amide bonds. The van der Waals surface area contributed by atoms with Gasteiger partial charge in [0.1, 0.15) is 6.21 Å². The first-order valence-electron chi connectivity index (χ1n) is 6.84. The summed E-state index contributed by atoms with van der Waals surface area (Å²) in [5, 5.41) is 24.3. The zero-order valence-corrected chi connectivity index (χ0v) is 10.8. The topological polar surface area (TPSA) is 58.7 Å². The molecule has 1 atom stereocenters. The monoisotopic (exact) mass is 258 g/mol. The zero-order valence-electron chi connectivity index (χ0n) is 10.8. The Morgan fingerprint density at radius 2 is 1.95 bits per heavy atom. The van der Waals surface area contributed by atoms with Crippen LogP contribution < -0.4 is 0 Å². The Kier molecular flexibility index (Phi) is 3.01. The first-order chi connectivity index (χ1) is 9.27. The van der Waals surface area contributed by atoms with Crippen LogP contribution in [0.1, 0.15) is 37.7 Å². The van der Waals surface area contributed by atoms with E-state index in [1.54, 1.807) is 0 Å². The number of oxime groups is 1. The van der Waals surface area contributed by atoms with Crippen LogP contribution in [0.25, 0.3) is 0 Å². The molecular weight excluding hydrogens is 240 g/mol. The molecule has 4 nitrogen and oxygen atoms in total. The minimum atomic E-state index is -0.335. The summed E-state index contributed by atoms with van der Waals surface area (Å²) in [6, 6.07) is 9.55. The summed E-state index contributed by atoms with van der Waals surface area (Å²) >= 11 is 0. The highest BCUT2D eigenvalue weighted by atomic mass is 16.5. The molecule has 0 unspecified atom stereocenters. The van der Waals surface area contributed by atoms with Crippen molar-refractivity contribution < 1.29 is 9.95 Å². The van der Waals surface area contributed by atoms with E-state index in [1.165, 1.54) is 19.1 Å². The van der Waals surface area contributed by atoms with Gasteiger partial charge in [0.05, 0.1) is 5.41 Å². The number of hydrogen-bond donors (Lipinski definition) is 1. The fourth-order valence-corrected chi connectivity index (χ4v) is 3.69. The van der Waals surface area contributed by atoms with Crippen molar-refractivity contribution in [3.63, 3.8) is 0 Å². The van der Waals surface area contributed by atoms with Gasteiger partial charge in [0.15, 0.2) is 0 Å². The third-order valence-corrected chi connectivity index (χ3v) is 4.47. The molecule has 1 spiro atoms. The number of benzene rings is 1. The molecule has 3 rings (SSSR count). The van der Waals surface area contributed by atoms with E-state index >= 15 is 0 Å². The maximum Gasteiger partial charge on any atom is 0.203 e. The second-order valence-electron chi connectivity index (χ2n) is 5.56. The van der Waals surface area contributed by atoms with Crippen LogP contribution in [-0.4, -0.2) is 27.9 Å². The Bertz CT molecular complexity index is 516. The number of rotatable bonds is 2. The molecule has 1 saturated carbocycles. The minimum Gasteiger partial charge on any atom is -0.623 e. The largest absolute Gasteiger partial charge is 0.623 e. The van der Waals surface area contributed by atoms with E-state index < -0.39 is 0 Å². The van der Waals surface area contributed by atoms with Crippen LogP contribution in [0.5, 0.6) is 0 Å². The van der Waals surface area contributed by atoms with E-state index in [0.29, 0.717) is 0 Å². The highest BCUT2D eigenvalue weighted by molar-refractivity contribution is 6.03. The van der Waals surface area contributed by atoms with E-state index in [2.05, 4.69) is 5.16 Å². The van der Waals surface area contributed by atoms with Gasteiger partial charge in [-0.2, -0.15) is 4.74 Å². The van der Waals surface area contributed by atoms with Crippen molar-refractivity contribution in [3.8, 4) is 0 Å². The second kappa shape index (κ2) is 4.68. The van der Waals surface area contributed by atoms with Crippen molar-refractivity contribution in [1.29, 1.82) is 0 Å². The Balaban J connectivity index is 2.09. The fourth-order valence-electron chi connectivity index (χ4n) is 3.69. The molecule has 1 heterocycles. The van der Waals surface area contributed by atoms with Crippen molar-refractivity contribution in [2.24, 2.45) is 10.6 Å². The van der Waals surface area contributed by atoms with E-state index in [-0.39, 0.29) is 11.5 Å². The van der Waals surface area contributed by atoms with Gasteiger partial charge in [-0.05, 0) is 25.0 Å². The molecule has 0 radical (unpaired) electrons. The lowest BCUT2D eigenvalue weighted by atomic mass is 9.76. The Labute approximate surface area is 112 Å². The molecule has 2 aliphatic rings. The lowest BCUT2D eigenvalue weighted by Crippen LogP contribution is -2.27. The summed E-state index contributed by atoms with van der Waals surface area (Å²) in [5.41, 5.74) is 1.87. The maximum absolute atomic E-state index is 12.5. The van der Waals surface area contributed by atoms with E-state index in [9.17, 15) is 5.21 Å². The molecule has 100 valence electrons. The van der Waals surface area contributed by atoms with Gasteiger partial charge >= 0.3 is 0 Å². The van der Waals surface area contributed by atoms with Crippen LogP contribution in [0.3, 0.4) is 0 Å². The molecule has 0 aromatic heterocycles. The summed E-state index contributed by atoms with van der Waals surface area (Å²) in [5.74, 6) is 0. The SMILES string of the molecule is [O-][N+]1=C(c2ccccc2)C2(CCCC2)C[C@@H]1C=NO. The Morgan fingerprint density at radius 1 is 1.26 bits per heavy atom. The van der Waals surface area contributed by atoms with Crippen molar-refractivity contribution >= 4 is 11.9 Å². The van der Waals surface area contributed by atoms with Gasteiger partial charge in [-0.3, -0.25) is 0 Å². The summed E-state index contributed by atoms with van der Waals surface area (Å²) in [6.07, 6.45) is 6.60. The predicted molar refractivity (Wildman–Crippen MR) is 73.8 cm³/mol. The minimum absolute atomic E-state index is 0.0189. The average Bonchev–Trinajstić information content (AvgIpc) is 2.98. The summed E-state index contributed by atoms with van der Waals surface area (Å²) in [7, 11) is 0. The average molecular weight is 258 g/mol. The van der Waals surface area contributed by atoms with E-state index in [0.717, 1.165) is 35.3 Å². The smallest absolute Gasteiger partial charge is 0.203 e. The Hall–Kier alpha value is -1.84. The van der Waals surface area contributed by atoms with Gasteiger partial charge in [0, 0.05) is 12.0 Å². The summed E-state index contributed by atoms with van der Waals surface area (Å²) < 4.78 is 1.06. The second-order valence-corrected chi connectivity index (χ2v) is 5.56. The van der Waals surface area contributed by atoms with E-state index in [1.807, 2.05) is 30.3 Å². The summed E-state index contributed by atoms with van der Waals surface area (Å²) in [4.78, 5) is 0. The molecule has 0 bridgehead atoms. The first-order valence-corrected chi connectivity index (χ1v) is 6.84. The Morgan fingerprint density at radius 3 is 2.58 bits per heavy atom. The van der Waals surface area contributed by atoms with Gasteiger partial charge < -0.3 is 10.4 Å². The van der Waals surface area contributed by atoms with Gasteiger partial charge in [-0.15, -0.1) is 0 Å². The summed E-state index contributed by atoms with van der Waals surface area (Å²) in [6.45, 7) is 0. The van der Waals surface area contributed by atoms with Gasteiger partial charge in [-0.1, -0.05) is 36.2 Å². The van der Waals surface area contributed by atoms with E-state index in [4.69, 9.17) is 5.21 Å². The number of nitrogens with zero attached hydrogens (tertiary/aromatic N) is 2. The van der Waals surface area contributed by atoms with Crippen LogP contribution in [0, 0.1) is 10.6 Å². The predicted octanol–water partition coefficient (Wildman–Crippen LogP) is 2.78. The van der Waals surface area contributed by atoms with Gasteiger partial charge in [0.25, 0.3) is 0 Å². The zero-order chi connectivity index (χ0) is 13.3. The van der Waals surface area contributed by atoms with Gasteiger partial charge in [0.2, 0.25) is 11.8 Å². The van der Waals surface area contributed by atoms with Crippen molar-refractivity contribution in [3.05, 3.63) is 41.1 Å². The van der Waals surface area contributed by atoms with Crippen LogP contribution >= 0.6 is 0 Å².